The summed E-state index contributed by atoms with van der Waals surface area (Å²) in [6, 6.07) is 53.5. The van der Waals surface area contributed by atoms with Gasteiger partial charge in [0.2, 0.25) is 0 Å². The molecule has 0 radical (unpaired) electrons. The number of hydrogen-bond acceptors (Lipinski definition) is 2. The fourth-order valence-corrected chi connectivity index (χ4v) is 12.1. The van der Waals surface area contributed by atoms with Gasteiger partial charge in [0.25, 0.3) is 0 Å². The van der Waals surface area contributed by atoms with Crippen molar-refractivity contribution in [1.82, 2.24) is 0 Å². The molecule has 10 aromatic rings. The molecule has 2 nitrogen and oxygen atoms in total. The summed E-state index contributed by atoms with van der Waals surface area (Å²) >= 11 is 0. The zero-order valence-corrected chi connectivity index (χ0v) is 41.6. The zero-order valence-electron chi connectivity index (χ0n) is 39.6. The van der Waals surface area contributed by atoms with Crippen LogP contribution in [-0.4, -0.2) is 16.1 Å². The van der Waals surface area contributed by atoms with Crippen LogP contribution in [0.2, 0.25) is 39.3 Å². The van der Waals surface area contributed by atoms with Crippen molar-refractivity contribution in [2.75, 3.05) is 9.80 Å². The van der Waals surface area contributed by atoms with E-state index < -0.39 is 39.4 Å². The highest BCUT2D eigenvalue weighted by Crippen LogP contribution is 2.49. The highest BCUT2D eigenvalue weighted by molar-refractivity contribution is 6.89. The first-order valence-corrected chi connectivity index (χ1v) is 30.1. The lowest BCUT2D eigenvalue weighted by atomic mass is 9.91. The summed E-state index contributed by atoms with van der Waals surface area (Å²) in [5, 5.41) is 8.05. The lowest BCUT2D eigenvalue weighted by Crippen LogP contribution is -2.37. The van der Waals surface area contributed by atoms with Crippen LogP contribution >= 0.6 is 0 Å². The van der Waals surface area contributed by atoms with E-state index in [0.29, 0.717) is 33.6 Å². The topological polar surface area (TPSA) is 6.48 Å². The standard InChI is InChI=1S/C60H52F4N2Si2/c1-37-13-9-11-15-45(37)49-33-57(53(63)35-51(49)61)65(41-21-25-43(26-22-41)67(3,4)5)55-31-19-39-18-30-48-56(32-20-40-17-29-47(55)59(39)60(40)48)66(42-23-27-44(28-24-42)68(6,7)8)58-34-50(52(62)36-54(58)64)46-16-12-10-14-38(46)2/h9-36H,1-8H3. The maximum atomic E-state index is 16.8. The number of benzene rings is 10. The van der Waals surface area contributed by atoms with Crippen LogP contribution in [0, 0.1) is 37.1 Å². The highest BCUT2D eigenvalue weighted by atomic mass is 28.3. The summed E-state index contributed by atoms with van der Waals surface area (Å²) in [7, 11) is -3.41. The minimum absolute atomic E-state index is 0.213. The van der Waals surface area contributed by atoms with E-state index in [9.17, 15) is 0 Å². The molecule has 8 heteroatoms. The van der Waals surface area contributed by atoms with Crippen LogP contribution < -0.4 is 20.2 Å². The lowest BCUT2D eigenvalue weighted by Gasteiger charge is -2.30. The van der Waals surface area contributed by atoms with Crippen molar-refractivity contribution >= 4 is 93.0 Å². The molecule has 0 saturated carbocycles. The quantitative estimate of drug-likeness (QED) is 0.0766. The van der Waals surface area contributed by atoms with Gasteiger partial charge in [-0.1, -0.05) is 159 Å². The van der Waals surface area contributed by atoms with E-state index in [1.165, 1.54) is 10.4 Å². The molecule has 0 heterocycles. The van der Waals surface area contributed by atoms with E-state index in [0.717, 1.165) is 67.0 Å². The van der Waals surface area contributed by atoms with Crippen molar-refractivity contribution in [3.63, 3.8) is 0 Å². The molecule has 0 fully saturated rings. The number of rotatable bonds is 10. The Morgan fingerprint density at radius 3 is 1.04 bits per heavy atom. The molecule has 0 aliphatic carbocycles. The summed E-state index contributed by atoms with van der Waals surface area (Å²) in [6.45, 7) is 17.6. The van der Waals surface area contributed by atoms with E-state index in [1.807, 2.05) is 109 Å². The van der Waals surface area contributed by atoms with Crippen molar-refractivity contribution in [1.29, 1.82) is 0 Å². The van der Waals surface area contributed by atoms with Crippen LogP contribution in [0.5, 0.6) is 0 Å². The van der Waals surface area contributed by atoms with Crippen LogP contribution in [0.3, 0.4) is 0 Å². The predicted octanol–water partition coefficient (Wildman–Crippen LogP) is 17.1. The Morgan fingerprint density at radius 2 is 0.691 bits per heavy atom. The molecule has 0 saturated heterocycles. The summed E-state index contributed by atoms with van der Waals surface area (Å²) in [4.78, 5) is 3.81. The van der Waals surface area contributed by atoms with Crippen molar-refractivity contribution in [3.05, 3.63) is 204 Å². The van der Waals surface area contributed by atoms with Crippen molar-refractivity contribution in [2.45, 2.75) is 53.1 Å². The summed E-state index contributed by atoms with van der Waals surface area (Å²) in [5.74, 6) is -2.66. The normalized spacial score (nSPS) is 12.1. The highest BCUT2D eigenvalue weighted by Gasteiger charge is 2.28. The van der Waals surface area contributed by atoms with Gasteiger partial charge in [-0.2, -0.15) is 0 Å². The van der Waals surface area contributed by atoms with Gasteiger partial charge < -0.3 is 9.80 Å². The molecule has 10 aromatic carbocycles. The minimum Gasteiger partial charge on any atom is -0.307 e. The minimum atomic E-state index is -1.71. The van der Waals surface area contributed by atoms with Gasteiger partial charge in [0.1, 0.15) is 23.3 Å². The molecule has 0 aliphatic rings. The van der Waals surface area contributed by atoms with Gasteiger partial charge >= 0.3 is 0 Å². The van der Waals surface area contributed by atoms with Crippen LogP contribution in [-0.2, 0) is 0 Å². The van der Waals surface area contributed by atoms with Crippen molar-refractivity contribution in [2.24, 2.45) is 0 Å². The molecular weight excluding hydrogens is 881 g/mol. The van der Waals surface area contributed by atoms with Gasteiger partial charge in [-0.25, -0.2) is 17.6 Å². The van der Waals surface area contributed by atoms with Crippen LogP contribution in [0.15, 0.2) is 170 Å². The van der Waals surface area contributed by atoms with E-state index in [-0.39, 0.29) is 11.4 Å². The van der Waals surface area contributed by atoms with E-state index >= 15 is 17.6 Å². The number of anilines is 6. The Morgan fingerprint density at radius 1 is 0.338 bits per heavy atom. The average Bonchev–Trinajstić information content (AvgIpc) is 3.31. The first-order chi connectivity index (χ1) is 32.5. The Balaban J connectivity index is 1.24. The van der Waals surface area contributed by atoms with Crippen LogP contribution in [0.1, 0.15) is 11.1 Å². The molecule has 68 heavy (non-hydrogen) atoms. The largest absolute Gasteiger partial charge is 0.307 e. The Kier molecular flexibility index (Phi) is 11.2. The first-order valence-electron chi connectivity index (χ1n) is 23.1. The molecule has 0 N–H and O–H groups in total. The molecular formula is C60H52F4N2Si2. The second-order valence-corrected chi connectivity index (χ2v) is 30.2. The lowest BCUT2D eigenvalue weighted by molar-refractivity contribution is 0.585. The van der Waals surface area contributed by atoms with Crippen LogP contribution in [0.25, 0.3) is 54.6 Å². The smallest absolute Gasteiger partial charge is 0.150 e. The second kappa shape index (κ2) is 16.9. The molecule has 338 valence electrons. The molecule has 10 rings (SSSR count). The molecule has 0 spiro atoms. The maximum absolute atomic E-state index is 16.8. The first kappa shape index (κ1) is 44.8. The third kappa shape index (κ3) is 7.85. The SMILES string of the molecule is Cc1ccccc1-c1cc(N(c2ccc([Si](C)(C)C)cc2)c2ccc3ccc4c(N(c5ccc([Si](C)(C)C)cc5)c5cc(-c6ccccc6C)c(F)cc5F)ccc5ccc2c3c54)c(F)cc1F. The Hall–Kier alpha value is -7.01. The van der Waals surface area contributed by atoms with Crippen LogP contribution in [0.4, 0.5) is 51.7 Å². The van der Waals surface area contributed by atoms with Gasteiger partial charge in [0.05, 0.1) is 38.9 Å². The Labute approximate surface area is 398 Å². The molecule has 0 aliphatic heterocycles. The summed E-state index contributed by atoms with van der Waals surface area (Å²) < 4.78 is 65.5. The number of aryl methyl sites for hydroxylation is 2. The Bertz CT molecular complexity index is 3320. The average molecular weight is 933 g/mol. The third-order valence-electron chi connectivity index (χ3n) is 13.5. The number of hydrogen-bond donors (Lipinski definition) is 0. The van der Waals surface area contributed by atoms with E-state index in [2.05, 4.69) is 99.9 Å². The van der Waals surface area contributed by atoms with Gasteiger partial charge in [-0.05, 0) is 106 Å². The van der Waals surface area contributed by atoms with Gasteiger partial charge in [0, 0.05) is 45.4 Å². The summed E-state index contributed by atoms with van der Waals surface area (Å²) in [6.07, 6.45) is 0. The second-order valence-electron chi connectivity index (χ2n) is 20.1. The van der Waals surface area contributed by atoms with Gasteiger partial charge in [0.15, 0.2) is 0 Å². The molecule has 0 atom stereocenters. The third-order valence-corrected chi connectivity index (χ3v) is 17.6. The number of halogens is 4. The van der Waals surface area contributed by atoms with Gasteiger partial charge in [-0.3, -0.25) is 0 Å². The maximum Gasteiger partial charge on any atom is 0.150 e. The molecule has 0 unspecified atom stereocenters. The fourth-order valence-electron chi connectivity index (χ4n) is 9.78. The monoisotopic (exact) mass is 932 g/mol. The molecule has 0 aromatic heterocycles. The number of nitrogens with zero attached hydrogens (tertiary/aromatic N) is 2. The van der Waals surface area contributed by atoms with Crippen molar-refractivity contribution in [3.8, 4) is 22.3 Å². The summed E-state index contributed by atoms with van der Waals surface area (Å²) in [5.41, 5.74) is 7.05. The predicted molar refractivity (Wildman–Crippen MR) is 286 cm³/mol. The van der Waals surface area contributed by atoms with E-state index in [1.54, 1.807) is 12.1 Å². The zero-order chi connectivity index (χ0) is 47.8. The fraction of sp³-hybridized carbons (Fsp3) is 0.133. The van der Waals surface area contributed by atoms with E-state index in [4.69, 9.17) is 0 Å². The molecule has 0 bridgehead atoms. The molecule has 0 amide bonds. The van der Waals surface area contributed by atoms with Crippen molar-refractivity contribution < 1.29 is 17.6 Å². The van der Waals surface area contributed by atoms with Gasteiger partial charge in [-0.15, -0.1) is 0 Å².